The van der Waals surface area contributed by atoms with E-state index in [0.717, 1.165) is 22.8 Å². The van der Waals surface area contributed by atoms with Crippen LogP contribution in [0.3, 0.4) is 0 Å². The van der Waals surface area contributed by atoms with Gasteiger partial charge in [-0.25, -0.2) is 9.97 Å². The van der Waals surface area contributed by atoms with Crippen LogP contribution in [0.1, 0.15) is 30.9 Å². The third-order valence-electron chi connectivity index (χ3n) is 2.86. The molecule has 2 rings (SSSR count). The van der Waals surface area contributed by atoms with E-state index in [-0.39, 0.29) is 5.54 Å². The molecular formula is C16H21N3. The van der Waals surface area contributed by atoms with Gasteiger partial charge in [-0.15, -0.1) is 0 Å². The SMILES string of the molecule is Cc1ccc(-c2cc(C)nc(CC(C)(C)N)n2)cc1. The first-order valence-corrected chi connectivity index (χ1v) is 6.54. The van der Waals surface area contributed by atoms with Crippen molar-refractivity contribution >= 4 is 0 Å². The summed E-state index contributed by atoms with van der Waals surface area (Å²) in [5.41, 5.74) is 10.1. The van der Waals surface area contributed by atoms with Gasteiger partial charge in [-0.1, -0.05) is 29.8 Å². The summed E-state index contributed by atoms with van der Waals surface area (Å²) >= 11 is 0. The average Bonchev–Trinajstić information content (AvgIpc) is 2.26. The van der Waals surface area contributed by atoms with Crippen LogP contribution in [0.2, 0.25) is 0 Å². The first-order chi connectivity index (χ1) is 8.83. The molecular weight excluding hydrogens is 234 g/mol. The second-order valence-corrected chi connectivity index (χ2v) is 5.84. The first kappa shape index (κ1) is 13.7. The second-order valence-electron chi connectivity index (χ2n) is 5.84. The minimum atomic E-state index is -0.293. The van der Waals surface area contributed by atoms with E-state index in [0.29, 0.717) is 6.42 Å². The minimum absolute atomic E-state index is 0.293. The van der Waals surface area contributed by atoms with Crippen molar-refractivity contribution in [2.24, 2.45) is 5.73 Å². The number of aryl methyl sites for hydroxylation is 2. The summed E-state index contributed by atoms with van der Waals surface area (Å²) in [6, 6.07) is 10.4. The summed E-state index contributed by atoms with van der Waals surface area (Å²) in [5, 5.41) is 0. The van der Waals surface area contributed by atoms with Gasteiger partial charge in [-0.2, -0.15) is 0 Å². The molecule has 0 aliphatic rings. The molecule has 0 bridgehead atoms. The molecule has 0 aliphatic carbocycles. The minimum Gasteiger partial charge on any atom is -0.325 e. The fourth-order valence-electron chi connectivity index (χ4n) is 1.99. The molecule has 1 heterocycles. The standard InChI is InChI=1S/C16H21N3/c1-11-5-7-13(8-6-11)14-9-12(2)18-15(19-14)10-16(3,4)17/h5-9H,10,17H2,1-4H3. The molecule has 0 fully saturated rings. The van der Waals surface area contributed by atoms with Crippen molar-refractivity contribution < 1.29 is 0 Å². The lowest BCUT2D eigenvalue weighted by Crippen LogP contribution is -2.35. The van der Waals surface area contributed by atoms with Crippen LogP contribution in [0.5, 0.6) is 0 Å². The van der Waals surface area contributed by atoms with Crippen molar-refractivity contribution in [2.75, 3.05) is 0 Å². The average molecular weight is 255 g/mol. The van der Waals surface area contributed by atoms with E-state index in [9.17, 15) is 0 Å². The lowest BCUT2D eigenvalue weighted by atomic mass is 10.0. The van der Waals surface area contributed by atoms with Gasteiger partial charge in [0, 0.05) is 23.2 Å². The summed E-state index contributed by atoms with van der Waals surface area (Å²) in [7, 11) is 0. The van der Waals surface area contributed by atoms with Gasteiger partial charge in [-0.05, 0) is 33.8 Å². The maximum Gasteiger partial charge on any atom is 0.131 e. The molecule has 0 saturated carbocycles. The lowest BCUT2D eigenvalue weighted by Gasteiger charge is -2.17. The molecule has 19 heavy (non-hydrogen) atoms. The third kappa shape index (κ3) is 3.86. The van der Waals surface area contributed by atoms with Crippen molar-refractivity contribution in [3.05, 3.63) is 47.4 Å². The summed E-state index contributed by atoms with van der Waals surface area (Å²) in [6.07, 6.45) is 0.674. The van der Waals surface area contributed by atoms with Crippen LogP contribution < -0.4 is 5.73 Å². The van der Waals surface area contributed by atoms with E-state index in [2.05, 4.69) is 41.2 Å². The summed E-state index contributed by atoms with van der Waals surface area (Å²) in [4.78, 5) is 9.10. The number of rotatable bonds is 3. The second kappa shape index (κ2) is 5.10. The van der Waals surface area contributed by atoms with Crippen LogP contribution in [-0.2, 0) is 6.42 Å². The van der Waals surface area contributed by atoms with Crippen LogP contribution in [0, 0.1) is 13.8 Å². The van der Waals surface area contributed by atoms with Crippen LogP contribution in [0.25, 0.3) is 11.3 Å². The van der Waals surface area contributed by atoms with Gasteiger partial charge < -0.3 is 5.73 Å². The zero-order chi connectivity index (χ0) is 14.0. The quantitative estimate of drug-likeness (QED) is 0.917. The summed E-state index contributed by atoms with van der Waals surface area (Å²) in [5.74, 6) is 0.808. The van der Waals surface area contributed by atoms with E-state index in [4.69, 9.17) is 5.73 Å². The van der Waals surface area contributed by atoms with Crippen LogP contribution in [0.15, 0.2) is 30.3 Å². The zero-order valence-corrected chi connectivity index (χ0v) is 12.1. The molecule has 0 radical (unpaired) electrons. The number of nitrogens with two attached hydrogens (primary N) is 1. The fourth-order valence-corrected chi connectivity index (χ4v) is 1.99. The number of hydrogen-bond acceptors (Lipinski definition) is 3. The Morgan fingerprint density at radius 1 is 1.05 bits per heavy atom. The molecule has 2 aromatic rings. The van der Waals surface area contributed by atoms with Gasteiger partial charge in [0.05, 0.1) is 5.69 Å². The van der Waals surface area contributed by atoms with E-state index in [1.54, 1.807) is 0 Å². The molecule has 2 N–H and O–H groups in total. The highest BCUT2D eigenvalue weighted by molar-refractivity contribution is 5.59. The number of hydrogen-bond donors (Lipinski definition) is 1. The molecule has 100 valence electrons. The maximum absolute atomic E-state index is 6.05. The highest BCUT2D eigenvalue weighted by atomic mass is 14.9. The Morgan fingerprint density at radius 2 is 1.68 bits per heavy atom. The van der Waals surface area contributed by atoms with Gasteiger partial charge in [0.1, 0.15) is 5.82 Å². The molecule has 0 amide bonds. The number of benzene rings is 1. The van der Waals surface area contributed by atoms with Crippen molar-refractivity contribution in [3.8, 4) is 11.3 Å². The molecule has 0 atom stereocenters. The molecule has 0 saturated heterocycles. The topological polar surface area (TPSA) is 51.8 Å². The van der Waals surface area contributed by atoms with Gasteiger partial charge in [0.25, 0.3) is 0 Å². The van der Waals surface area contributed by atoms with E-state index >= 15 is 0 Å². The highest BCUT2D eigenvalue weighted by Gasteiger charge is 2.15. The number of nitrogens with zero attached hydrogens (tertiary/aromatic N) is 2. The van der Waals surface area contributed by atoms with Gasteiger partial charge in [0.2, 0.25) is 0 Å². The van der Waals surface area contributed by atoms with E-state index < -0.39 is 0 Å². The Balaban J connectivity index is 2.39. The van der Waals surface area contributed by atoms with Crippen molar-refractivity contribution in [1.82, 2.24) is 9.97 Å². The zero-order valence-electron chi connectivity index (χ0n) is 12.1. The van der Waals surface area contributed by atoms with Crippen molar-refractivity contribution in [3.63, 3.8) is 0 Å². The normalized spacial score (nSPS) is 11.6. The lowest BCUT2D eigenvalue weighted by molar-refractivity contribution is 0.502. The Bertz CT molecular complexity index is 566. The Morgan fingerprint density at radius 3 is 2.26 bits per heavy atom. The molecule has 0 spiro atoms. The molecule has 3 nitrogen and oxygen atoms in total. The van der Waals surface area contributed by atoms with E-state index in [1.165, 1.54) is 5.56 Å². The maximum atomic E-state index is 6.05. The molecule has 1 aromatic carbocycles. The Kier molecular flexibility index (Phi) is 3.67. The van der Waals surface area contributed by atoms with Gasteiger partial charge in [-0.3, -0.25) is 0 Å². The van der Waals surface area contributed by atoms with E-state index in [1.807, 2.05) is 26.8 Å². The van der Waals surface area contributed by atoms with Crippen molar-refractivity contribution in [1.29, 1.82) is 0 Å². The first-order valence-electron chi connectivity index (χ1n) is 6.54. The highest BCUT2D eigenvalue weighted by Crippen LogP contribution is 2.19. The van der Waals surface area contributed by atoms with Gasteiger partial charge in [0.15, 0.2) is 0 Å². The predicted molar refractivity (Wildman–Crippen MR) is 78.9 cm³/mol. The fraction of sp³-hybridized carbons (Fsp3) is 0.375. The van der Waals surface area contributed by atoms with Crippen LogP contribution >= 0.6 is 0 Å². The Hall–Kier alpha value is -1.74. The Labute approximate surface area is 114 Å². The summed E-state index contributed by atoms with van der Waals surface area (Å²) in [6.45, 7) is 8.05. The van der Waals surface area contributed by atoms with Crippen molar-refractivity contribution in [2.45, 2.75) is 39.7 Å². The monoisotopic (exact) mass is 255 g/mol. The predicted octanol–water partition coefficient (Wildman–Crippen LogP) is 3.04. The largest absolute Gasteiger partial charge is 0.325 e. The van der Waals surface area contributed by atoms with Gasteiger partial charge >= 0.3 is 0 Å². The number of aromatic nitrogens is 2. The molecule has 0 unspecified atom stereocenters. The summed E-state index contributed by atoms with van der Waals surface area (Å²) < 4.78 is 0. The molecule has 3 heteroatoms. The molecule has 1 aromatic heterocycles. The van der Waals surface area contributed by atoms with Crippen LogP contribution in [0.4, 0.5) is 0 Å². The smallest absolute Gasteiger partial charge is 0.131 e. The molecule has 0 aliphatic heterocycles. The van der Waals surface area contributed by atoms with Crippen LogP contribution in [-0.4, -0.2) is 15.5 Å². The third-order valence-corrected chi connectivity index (χ3v) is 2.86.